The van der Waals surface area contributed by atoms with Crippen molar-refractivity contribution in [2.45, 2.75) is 45.6 Å². The van der Waals surface area contributed by atoms with E-state index >= 15 is 0 Å². The molecule has 1 aliphatic heterocycles. The molecule has 0 aliphatic carbocycles. The van der Waals surface area contributed by atoms with E-state index in [1.807, 2.05) is 13.8 Å². The molecule has 0 atom stereocenters. The zero-order valence-electron chi connectivity index (χ0n) is 17.5. The van der Waals surface area contributed by atoms with Crippen molar-refractivity contribution in [1.29, 1.82) is 0 Å². The minimum absolute atomic E-state index is 0.234. The largest absolute Gasteiger partial charge is 0.496 e. The van der Waals surface area contributed by atoms with Crippen LogP contribution in [0, 0.1) is 6.92 Å². The number of ether oxygens (including phenoxy) is 1. The van der Waals surface area contributed by atoms with Gasteiger partial charge in [0, 0.05) is 32.7 Å². The zero-order chi connectivity index (χ0) is 20.6. The van der Waals surface area contributed by atoms with Crippen LogP contribution in [0.5, 0.6) is 5.75 Å². The number of aliphatic imine (C=N–C) groups is 1. The molecule has 2 N–H and O–H groups in total. The highest BCUT2D eigenvalue weighted by atomic mass is 32.2. The Labute approximate surface area is 169 Å². The van der Waals surface area contributed by atoms with Gasteiger partial charge < -0.3 is 15.4 Å². The number of nitrogens with zero attached hydrogens (tertiary/aromatic N) is 2. The van der Waals surface area contributed by atoms with Gasteiger partial charge >= 0.3 is 0 Å². The maximum absolute atomic E-state index is 12.2. The lowest BCUT2D eigenvalue weighted by Gasteiger charge is -2.32. The molecule has 1 aliphatic rings. The normalized spacial score (nSPS) is 16.8. The predicted octanol–water partition coefficient (Wildman–Crippen LogP) is 1.92. The summed E-state index contributed by atoms with van der Waals surface area (Å²) in [6, 6.07) is 6.49. The Hall–Kier alpha value is -1.80. The lowest BCUT2D eigenvalue weighted by molar-refractivity contribution is 0.306. The summed E-state index contributed by atoms with van der Waals surface area (Å²) in [5.74, 6) is 1.90. The highest BCUT2D eigenvalue weighted by molar-refractivity contribution is 7.89. The Kier molecular flexibility index (Phi) is 8.57. The molecular formula is C20H34N4O3S. The third-order valence-corrected chi connectivity index (χ3v) is 7.13. The van der Waals surface area contributed by atoms with Crippen molar-refractivity contribution in [3.05, 3.63) is 29.3 Å². The fourth-order valence-electron chi connectivity index (χ4n) is 3.40. The second kappa shape index (κ2) is 10.7. The number of hydrogen-bond donors (Lipinski definition) is 2. The molecule has 8 heteroatoms. The topological polar surface area (TPSA) is 83.0 Å². The molecule has 0 amide bonds. The molecule has 0 aromatic heterocycles. The summed E-state index contributed by atoms with van der Waals surface area (Å²) < 4.78 is 31.3. The predicted molar refractivity (Wildman–Crippen MR) is 115 cm³/mol. The Morgan fingerprint density at radius 2 is 2.04 bits per heavy atom. The lowest BCUT2D eigenvalue weighted by Crippen LogP contribution is -2.50. The van der Waals surface area contributed by atoms with E-state index < -0.39 is 10.0 Å². The van der Waals surface area contributed by atoms with Crippen LogP contribution in [-0.4, -0.2) is 64.3 Å². The minimum Gasteiger partial charge on any atom is -0.496 e. The van der Waals surface area contributed by atoms with E-state index in [1.54, 1.807) is 18.5 Å². The molecule has 0 bridgehead atoms. The van der Waals surface area contributed by atoms with Crippen molar-refractivity contribution in [2.24, 2.45) is 4.99 Å². The fourth-order valence-corrected chi connectivity index (χ4v) is 4.94. The average Bonchev–Trinajstić information content (AvgIpc) is 2.68. The number of benzene rings is 1. The second-order valence-corrected chi connectivity index (χ2v) is 9.28. The van der Waals surface area contributed by atoms with Crippen molar-refractivity contribution in [3.8, 4) is 5.75 Å². The van der Waals surface area contributed by atoms with Gasteiger partial charge in [0.25, 0.3) is 0 Å². The van der Waals surface area contributed by atoms with Crippen LogP contribution in [0.15, 0.2) is 23.2 Å². The maximum Gasteiger partial charge on any atom is 0.214 e. The van der Waals surface area contributed by atoms with Gasteiger partial charge in [0.2, 0.25) is 10.0 Å². The van der Waals surface area contributed by atoms with Crippen LogP contribution >= 0.6 is 0 Å². The van der Waals surface area contributed by atoms with Crippen LogP contribution in [0.25, 0.3) is 0 Å². The lowest BCUT2D eigenvalue weighted by atomic mass is 10.1. The van der Waals surface area contributed by atoms with Crippen LogP contribution in [0.1, 0.15) is 37.3 Å². The SMILES string of the molecule is CCCS(=O)(=O)N1CCC(NC(=NC)NCCc2ccc(C)c(OC)c2)CC1. The van der Waals surface area contributed by atoms with Gasteiger partial charge in [-0.2, -0.15) is 0 Å². The van der Waals surface area contributed by atoms with Gasteiger partial charge in [-0.3, -0.25) is 4.99 Å². The molecule has 0 radical (unpaired) electrons. The summed E-state index contributed by atoms with van der Waals surface area (Å²) in [4.78, 5) is 4.30. The molecule has 1 aromatic rings. The third-order valence-electron chi connectivity index (χ3n) is 5.05. The number of piperidine rings is 1. The summed E-state index contributed by atoms with van der Waals surface area (Å²) in [5, 5.41) is 6.77. The van der Waals surface area contributed by atoms with Crippen LogP contribution in [0.2, 0.25) is 0 Å². The van der Waals surface area contributed by atoms with E-state index in [4.69, 9.17) is 4.74 Å². The monoisotopic (exact) mass is 410 g/mol. The summed E-state index contributed by atoms with van der Waals surface area (Å²) in [6.07, 6.45) is 3.10. The summed E-state index contributed by atoms with van der Waals surface area (Å²) in [7, 11) is 0.349. The van der Waals surface area contributed by atoms with Crippen molar-refractivity contribution in [1.82, 2.24) is 14.9 Å². The van der Waals surface area contributed by atoms with Gasteiger partial charge in [-0.05, 0) is 49.8 Å². The van der Waals surface area contributed by atoms with Gasteiger partial charge in [0.05, 0.1) is 12.9 Å². The average molecular weight is 411 g/mol. The van der Waals surface area contributed by atoms with E-state index in [2.05, 4.69) is 33.8 Å². The van der Waals surface area contributed by atoms with Crippen LogP contribution in [0.3, 0.4) is 0 Å². The first-order valence-electron chi connectivity index (χ1n) is 9.98. The standard InChI is InChI=1S/C20H34N4O3S/c1-5-14-28(25,26)24-12-9-18(10-13-24)23-20(21-3)22-11-8-17-7-6-16(2)19(15-17)27-4/h6-7,15,18H,5,8-14H2,1-4H3,(H2,21,22,23). The van der Waals surface area contributed by atoms with Crippen molar-refractivity contribution >= 4 is 16.0 Å². The Morgan fingerprint density at radius 1 is 1.32 bits per heavy atom. The first-order valence-corrected chi connectivity index (χ1v) is 11.6. The summed E-state index contributed by atoms with van der Waals surface area (Å²) >= 11 is 0. The quantitative estimate of drug-likeness (QED) is 0.505. The molecule has 1 aromatic carbocycles. The third kappa shape index (κ3) is 6.38. The van der Waals surface area contributed by atoms with Gasteiger partial charge in [-0.15, -0.1) is 0 Å². The minimum atomic E-state index is -3.10. The highest BCUT2D eigenvalue weighted by Crippen LogP contribution is 2.19. The van der Waals surface area contributed by atoms with Gasteiger partial charge in [0.1, 0.15) is 5.75 Å². The number of nitrogens with one attached hydrogen (secondary N) is 2. The zero-order valence-corrected chi connectivity index (χ0v) is 18.3. The van der Waals surface area contributed by atoms with E-state index in [-0.39, 0.29) is 11.8 Å². The van der Waals surface area contributed by atoms with Crippen molar-refractivity contribution in [2.75, 3.05) is 39.5 Å². The molecule has 1 heterocycles. The molecule has 158 valence electrons. The Morgan fingerprint density at radius 3 is 2.64 bits per heavy atom. The second-order valence-electron chi connectivity index (χ2n) is 7.19. The fraction of sp³-hybridized carbons (Fsp3) is 0.650. The number of sulfonamides is 1. The first kappa shape index (κ1) is 22.5. The molecule has 1 fully saturated rings. The molecular weight excluding hydrogens is 376 g/mol. The van der Waals surface area contributed by atoms with E-state index in [9.17, 15) is 8.42 Å². The summed E-state index contributed by atoms with van der Waals surface area (Å²) in [5.41, 5.74) is 2.34. The van der Waals surface area contributed by atoms with E-state index in [1.165, 1.54) is 5.56 Å². The molecule has 0 saturated carbocycles. The smallest absolute Gasteiger partial charge is 0.214 e. The van der Waals surface area contributed by atoms with Crippen LogP contribution < -0.4 is 15.4 Å². The number of hydrogen-bond acceptors (Lipinski definition) is 4. The van der Waals surface area contributed by atoms with Crippen LogP contribution in [0.4, 0.5) is 0 Å². The number of rotatable bonds is 8. The summed E-state index contributed by atoms with van der Waals surface area (Å²) in [6.45, 7) is 5.83. The van der Waals surface area contributed by atoms with Crippen LogP contribution in [-0.2, 0) is 16.4 Å². The Bertz CT molecular complexity index is 757. The van der Waals surface area contributed by atoms with E-state index in [0.29, 0.717) is 19.5 Å². The van der Waals surface area contributed by atoms with Crippen molar-refractivity contribution < 1.29 is 13.2 Å². The van der Waals surface area contributed by atoms with Gasteiger partial charge in [-0.1, -0.05) is 19.1 Å². The maximum atomic E-state index is 12.2. The Balaban J connectivity index is 1.78. The number of methoxy groups -OCH3 is 1. The molecule has 28 heavy (non-hydrogen) atoms. The molecule has 2 rings (SSSR count). The highest BCUT2D eigenvalue weighted by Gasteiger charge is 2.27. The molecule has 1 saturated heterocycles. The molecule has 7 nitrogen and oxygen atoms in total. The van der Waals surface area contributed by atoms with E-state index in [0.717, 1.165) is 43.1 Å². The number of aryl methyl sites for hydroxylation is 1. The van der Waals surface area contributed by atoms with Gasteiger partial charge in [-0.25, -0.2) is 12.7 Å². The molecule has 0 unspecified atom stereocenters. The number of guanidine groups is 1. The van der Waals surface area contributed by atoms with Gasteiger partial charge in [0.15, 0.2) is 5.96 Å². The first-order chi connectivity index (χ1) is 13.4. The molecule has 0 spiro atoms. The van der Waals surface area contributed by atoms with Crippen molar-refractivity contribution in [3.63, 3.8) is 0 Å².